The highest BCUT2D eigenvalue weighted by atomic mass is 16.2. The van der Waals surface area contributed by atoms with Gasteiger partial charge in [-0.25, -0.2) is 0 Å². The van der Waals surface area contributed by atoms with Gasteiger partial charge in [-0.15, -0.1) is 0 Å². The molecule has 3 nitrogen and oxygen atoms in total. The Bertz CT molecular complexity index is 259. The predicted molar refractivity (Wildman–Crippen MR) is 67.4 cm³/mol. The highest BCUT2D eigenvalue weighted by molar-refractivity contribution is 5.77. The minimum absolute atomic E-state index is 0.0391. The van der Waals surface area contributed by atoms with Gasteiger partial charge < -0.3 is 10.2 Å². The van der Waals surface area contributed by atoms with Gasteiger partial charge in [-0.2, -0.15) is 0 Å². The largest absolute Gasteiger partial charge is 0.334 e. The van der Waals surface area contributed by atoms with E-state index in [9.17, 15) is 4.79 Å². The van der Waals surface area contributed by atoms with E-state index in [1.54, 1.807) is 0 Å². The van der Waals surface area contributed by atoms with Crippen LogP contribution in [0.15, 0.2) is 0 Å². The molecule has 1 fully saturated rings. The number of unbranched alkanes of at least 4 members (excludes halogenated alkanes) is 1. The zero-order valence-corrected chi connectivity index (χ0v) is 11.4. The summed E-state index contributed by atoms with van der Waals surface area (Å²) in [6.45, 7) is 12.4. The molecule has 1 N–H and O–H groups in total. The van der Waals surface area contributed by atoms with Gasteiger partial charge in [0.25, 0.3) is 0 Å². The number of rotatable bonds is 3. The lowest BCUT2D eigenvalue weighted by Gasteiger charge is -2.49. The van der Waals surface area contributed by atoms with E-state index in [-0.39, 0.29) is 11.1 Å². The van der Waals surface area contributed by atoms with Gasteiger partial charge in [0, 0.05) is 30.6 Å². The minimum atomic E-state index is -0.0552. The van der Waals surface area contributed by atoms with Crippen molar-refractivity contribution in [3.05, 3.63) is 0 Å². The highest BCUT2D eigenvalue weighted by Crippen LogP contribution is 2.24. The molecule has 0 spiro atoms. The van der Waals surface area contributed by atoms with E-state index in [0.29, 0.717) is 12.3 Å². The van der Waals surface area contributed by atoms with Crippen LogP contribution in [0.5, 0.6) is 0 Å². The SMILES string of the molecule is CCCCC(=O)N1CC(C)(C)NCC1(C)C. The van der Waals surface area contributed by atoms with Gasteiger partial charge in [0.05, 0.1) is 0 Å². The molecule has 0 unspecified atom stereocenters. The summed E-state index contributed by atoms with van der Waals surface area (Å²) in [6.07, 6.45) is 2.77. The number of carbonyl (C=O) groups is 1. The molecule has 0 aliphatic carbocycles. The van der Waals surface area contributed by atoms with Crippen LogP contribution in [0.4, 0.5) is 0 Å². The minimum Gasteiger partial charge on any atom is -0.334 e. The van der Waals surface area contributed by atoms with Crippen LogP contribution in [0.1, 0.15) is 53.9 Å². The summed E-state index contributed by atoms with van der Waals surface area (Å²) >= 11 is 0. The highest BCUT2D eigenvalue weighted by Gasteiger charge is 2.39. The molecule has 1 rings (SSSR count). The lowest BCUT2D eigenvalue weighted by atomic mass is 9.91. The summed E-state index contributed by atoms with van der Waals surface area (Å²) < 4.78 is 0. The van der Waals surface area contributed by atoms with E-state index in [4.69, 9.17) is 0 Å². The molecular formula is C13H26N2O. The van der Waals surface area contributed by atoms with E-state index in [2.05, 4.69) is 44.8 Å². The molecule has 1 amide bonds. The number of nitrogens with zero attached hydrogens (tertiary/aromatic N) is 1. The molecular weight excluding hydrogens is 200 g/mol. The quantitative estimate of drug-likeness (QED) is 0.800. The molecule has 16 heavy (non-hydrogen) atoms. The monoisotopic (exact) mass is 226 g/mol. The molecule has 1 heterocycles. The first-order valence-corrected chi connectivity index (χ1v) is 6.34. The topological polar surface area (TPSA) is 32.3 Å². The molecule has 1 saturated heterocycles. The Morgan fingerprint density at radius 1 is 1.31 bits per heavy atom. The first-order valence-electron chi connectivity index (χ1n) is 6.34. The Morgan fingerprint density at radius 2 is 1.94 bits per heavy atom. The van der Waals surface area contributed by atoms with E-state index in [0.717, 1.165) is 25.9 Å². The zero-order chi connectivity index (χ0) is 12.4. The third kappa shape index (κ3) is 3.21. The fourth-order valence-corrected chi connectivity index (χ4v) is 2.10. The predicted octanol–water partition coefficient (Wildman–Crippen LogP) is 2.17. The van der Waals surface area contributed by atoms with Gasteiger partial charge >= 0.3 is 0 Å². The molecule has 0 bridgehead atoms. The van der Waals surface area contributed by atoms with Crippen molar-refractivity contribution in [1.29, 1.82) is 0 Å². The number of nitrogens with one attached hydrogen (secondary N) is 1. The maximum atomic E-state index is 12.2. The van der Waals surface area contributed by atoms with Gasteiger partial charge in [0.1, 0.15) is 0 Å². The van der Waals surface area contributed by atoms with Crippen LogP contribution < -0.4 is 5.32 Å². The number of amides is 1. The zero-order valence-electron chi connectivity index (χ0n) is 11.4. The van der Waals surface area contributed by atoms with E-state index >= 15 is 0 Å². The maximum absolute atomic E-state index is 12.2. The molecule has 0 radical (unpaired) electrons. The van der Waals surface area contributed by atoms with Crippen molar-refractivity contribution in [2.45, 2.75) is 65.0 Å². The van der Waals surface area contributed by atoms with E-state index in [1.165, 1.54) is 0 Å². The molecule has 0 aromatic heterocycles. The Kier molecular flexibility index (Phi) is 4.00. The fourth-order valence-electron chi connectivity index (χ4n) is 2.10. The van der Waals surface area contributed by atoms with Crippen LogP contribution in [0.25, 0.3) is 0 Å². The van der Waals surface area contributed by atoms with Crippen LogP contribution in [-0.2, 0) is 4.79 Å². The number of piperazine rings is 1. The van der Waals surface area contributed by atoms with Gasteiger partial charge in [-0.3, -0.25) is 4.79 Å². The van der Waals surface area contributed by atoms with Gasteiger partial charge in [-0.05, 0) is 34.1 Å². The summed E-state index contributed by atoms with van der Waals surface area (Å²) in [5, 5.41) is 3.50. The second-order valence-corrected chi connectivity index (χ2v) is 6.13. The lowest BCUT2D eigenvalue weighted by Crippen LogP contribution is -2.67. The van der Waals surface area contributed by atoms with Gasteiger partial charge in [0.2, 0.25) is 5.91 Å². The molecule has 0 aromatic rings. The molecule has 0 saturated carbocycles. The van der Waals surface area contributed by atoms with Crippen molar-refractivity contribution in [2.75, 3.05) is 13.1 Å². The van der Waals surface area contributed by atoms with Crippen LogP contribution in [0.3, 0.4) is 0 Å². The van der Waals surface area contributed by atoms with Crippen molar-refractivity contribution in [3.63, 3.8) is 0 Å². The van der Waals surface area contributed by atoms with E-state index < -0.39 is 0 Å². The summed E-state index contributed by atoms with van der Waals surface area (Å²) in [6, 6.07) is 0. The van der Waals surface area contributed by atoms with Crippen molar-refractivity contribution in [3.8, 4) is 0 Å². The first kappa shape index (κ1) is 13.5. The lowest BCUT2D eigenvalue weighted by molar-refractivity contribution is -0.140. The average Bonchev–Trinajstić information content (AvgIpc) is 2.19. The third-order valence-corrected chi connectivity index (χ3v) is 3.33. The number of carbonyl (C=O) groups excluding carboxylic acids is 1. The van der Waals surface area contributed by atoms with Crippen molar-refractivity contribution in [2.24, 2.45) is 0 Å². The van der Waals surface area contributed by atoms with Crippen LogP contribution >= 0.6 is 0 Å². The third-order valence-electron chi connectivity index (χ3n) is 3.33. The Hall–Kier alpha value is -0.570. The van der Waals surface area contributed by atoms with Crippen LogP contribution in [-0.4, -0.2) is 35.0 Å². The molecule has 3 heteroatoms. The summed E-state index contributed by atoms with van der Waals surface area (Å²) in [4.78, 5) is 14.2. The normalized spacial score (nSPS) is 23.2. The van der Waals surface area contributed by atoms with Crippen molar-refractivity contribution < 1.29 is 4.79 Å². The second kappa shape index (κ2) is 4.74. The second-order valence-electron chi connectivity index (χ2n) is 6.13. The van der Waals surface area contributed by atoms with Crippen molar-refractivity contribution >= 4 is 5.91 Å². The van der Waals surface area contributed by atoms with Gasteiger partial charge in [0.15, 0.2) is 0 Å². The first-order chi connectivity index (χ1) is 7.28. The van der Waals surface area contributed by atoms with Crippen molar-refractivity contribution in [1.82, 2.24) is 10.2 Å². The van der Waals surface area contributed by atoms with Crippen LogP contribution in [0.2, 0.25) is 0 Å². The number of hydrogen-bond donors (Lipinski definition) is 1. The average molecular weight is 226 g/mol. The molecule has 0 aromatic carbocycles. The smallest absolute Gasteiger partial charge is 0.223 e. The van der Waals surface area contributed by atoms with E-state index in [1.807, 2.05) is 0 Å². The Morgan fingerprint density at radius 3 is 2.50 bits per heavy atom. The molecule has 0 atom stereocenters. The standard InChI is InChI=1S/C13H26N2O/c1-6-7-8-11(16)15-10-12(2,3)14-9-13(15,4)5/h14H,6-10H2,1-5H3. The Labute approximate surface area is 99.6 Å². The van der Waals surface area contributed by atoms with Crippen LogP contribution in [0, 0.1) is 0 Å². The summed E-state index contributed by atoms with van der Waals surface area (Å²) in [5.74, 6) is 0.307. The summed E-state index contributed by atoms with van der Waals surface area (Å²) in [5.41, 5.74) is -0.0161. The molecule has 94 valence electrons. The fraction of sp³-hybridized carbons (Fsp3) is 0.923. The Balaban J connectivity index is 2.69. The molecule has 1 aliphatic heterocycles. The number of hydrogen-bond acceptors (Lipinski definition) is 2. The van der Waals surface area contributed by atoms with Gasteiger partial charge in [-0.1, -0.05) is 13.3 Å². The summed E-state index contributed by atoms with van der Waals surface area (Å²) in [7, 11) is 0. The maximum Gasteiger partial charge on any atom is 0.223 e. The molecule has 1 aliphatic rings.